The molecule has 0 saturated carbocycles. The molecule has 0 spiro atoms. The van der Waals surface area contributed by atoms with Gasteiger partial charge in [-0.25, -0.2) is 0 Å². The van der Waals surface area contributed by atoms with Crippen molar-refractivity contribution in [3.63, 3.8) is 0 Å². The Morgan fingerprint density at radius 2 is 0.960 bits per heavy atom. The van der Waals surface area contributed by atoms with Crippen molar-refractivity contribution >= 4 is 54.7 Å². The first-order valence-electron chi connectivity index (χ1n) is 7.95. The molecule has 25 heavy (non-hydrogen) atoms. The predicted molar refractivity (Wildman–Crippen MR) is 112 cm³/mol. The summed E-state index contributed by atoms with van der Waals surface area (Å²) in [5.41, 5.74) is 6.10. The highest BCUT2D eigenvalue weighted by Gasteiger charge is 2.16. The molecule has 1 heterocycles. The molecule has 1 aliphatic rings. The van der Waals surface area contributed by atoms with Crippen LogP contribution in [0.5, 0.6) is 0 Å². The average molecular weight is 454 g/mol. The van der Waals surface area contributed by atoms with Gasteiger partial charge in [-0.05, 0) is 47.5 Å². The van der Waals surface area contributed by atoms with Gasteiger partial charge in [0.2, 0.25) is 0 Å². The van der Waals surface area contributed by atoms with Crippen LogP contribution in [0.3, 0.4) is 0 Å². The first-order chi connectivity index (χ1) is 12.2. The number of fused-ring (bicyclic) bond motifs is 1. The maximum absolute atomic E-state index is 4.91. The number of hydrogen-bond acceptors (Lipinski definition) is 2. The Labute approximate surface area is 163 Å². The predicted octanol–water partition coefficient (Wildman–Crippen LogP) is 6.86. The fourth-order valence-electron chi connectivity index (χ4n) is 2.80. The molecule has 4 heteroatoms. The van der Waals surface area contributed by atoms with Crippen molar-refractivity contribution in [2.24, 2.45) is 9.98 Å². The van der Waals surface area contributed by atoms with Gasteiger partial charge in [-0.2, -0.15) is 0 Å². The number of rotatable bonds is 2. The molecule has 3 aromatic rings. The second-order valence-corrected chi connectivity index (χ2v) is 7.63. The van der Waals surface area contributed by atoms with Crippen molar-refractivity contribution in [3.8, 4) is 0 Å². The largest absolute Gasteiger partial charge is 0.250 e. The summed E-state index contributed by atoms with van der Waals surface area (Å²) in [5.74, 6) is 0. The minimum Gasteiger partial charge on any atom is -0.250 e. The minimum absolute atomic E-state index is 0.692. The standard InChI is InChI=1S/C21H14Br2N2/c22-16-9-5-14(6-10-16)20-13-21(15-7-11-17(23)12-8-15)25-19-4-2-1-3-18(19)24-20/h1-12H,13H2. The molecule has 0 aliphatic carbocycles. The van der Waals surface area contributed by atoms with Crippen LogP contribution >= 0.6 is 31.9 Å². The van der Waals surface area contributed by atoms with Crippen molar-refractivity contribution in [3.05, 3.63) is 92.9 Å². The van der Waals surface area contributed by atoms with Crippen LogP contribution < -0.4 is 0 Å². The number of halogens is 2. The van der Waals surface area contributed by atoms with Crippen LogP contribution in [0.4, 0.5) is 11.4 Å². The first-order valence-corrected chi connectivity index (χ1v) is 9.54. The van der Waals surface area contributed by atoms with Gasteiger partial charge in [-0.1, -0.05) is 68.3 Å². The Balaban J connectivity index is 1.84. The monoisotopic (exact) mass is 452 g/mol. The molecule has 0 amide bonds. The molecule has 3 aromatic carbocycles. The molecule has 4 rings (SSSR count). The normalized spacial score (nSPS) is 13.5. The van der Waals surface area contributed by atoms with E-state index >= 15 is 0 Å². The molecule has 0 radical (unpaired) electrons. The molecule has 0 aromatic heterocycles. The lowest BCUT2D eigenvalue weighted by Gasteiger charge is -2.08. The summed E-state index contributed by atoms with van der Waals surface area (Å²) >= 11 is 7.00. The fraction of sp³-hybridized carbons (Fsp3) is 0.0476. The van der Waals surface area contributed by atoms with Crippen molar-refractivity contribution in [1.82, 2.24) is 0 Å². The Morgan fingerprint density at radius 1 is 0.560 bits per heavy atom. The molecular weight excluding hydrogens is 440 g/mol. The summed E-state index contributed by atoms with van der Waals surface area (Å²) in [4.78, 5) is 9.82. The van der Waals surface area contributed by atoms with E-state index in [1.165, 1.54) is 0 Å². The molecule has 122 valence electrons. The van der Waals surface area contributed by atoms with Crippen LogP contribution in [0, 0.1) is 0 Å². The third kappa shape index (κ3) is 3.65. The Hall–Kier alpha value is -2.04. The molecule has 0 atom stereocenters. The van der Waals surface area contributed by atoms with Crippen molar-refractivity contribution < 1.29 is 0 Å². The van der Waals surface area contributed by atoms with Gasteiger partial charge in [0.25, 0.3) is 0 Å². The summed E-state index contributed by atoms with van der Waals surface area (Å²) < 4.78 is 2.13. The van der Waals surface area contributed by atoms with Gasteiger partial charge < -0.3 is 0 Å². The van der Waals surface area contributed by atoms with Gasteiger partial charge in [0.15, 0.2) is 0 Å². The number of benzene rings is 3. The summed E-state index contributed by atoms with van der Waals surface area (Å²) in [5, 5.41) is 0. The van der Waals surface area contributed by atoms with Gasteiger partial charge >= 0.3 is 0 Å². The van der Waals surface area contributed by atoms with Crippen molar-refractivity contribution in [2.45, 2.75) is 6.42 Å². The Morgan fingerprint density at radius 3 is 1.36 bits per heavy atom. The van der Waals surface area contributed by atoms with E-state index in [0.717, 1.165) is 42.9 Å². The maximum Gasteiger partial charge on any atom is 0.0889 e. The summed E-state index contributed by atoms with van der Waals surface area (Å²) in [7, 11) is 0. The Kier molecular flexibility index (Phi) is 4.64. The molecule has 0 unspecified atom stereocenters. The highest BCUT2D eigenvalue weighted by Crippen LogP contribution is 2.32. The van der Waals surface area contributed by atoms with E-state index in [2.05, 4.69) is 56.1 Å². The SMILES string of the molecule is Brc1ccc(C2=Nc3ccccc3N=C(c3ccc(Br)cc3)C2)cc1. The molecular formula is C21H14Br2N2. The van der Waals surface area contributed by atoms with E-state index in [-0.39, 0.29) is 0 Å². The quantitative estimate of drug-likeness (QED) is 0.405. The van der Waals surface area contributed by atoms with E-state index in [0.29, 0.717) is 6.42 Å². The van der Waals surface area contributed by atoms with E-state index in [4.69, 9.17) is 9.98 Å². The summed E-state index contributed by atoms with van der Waals surface area (Å²) in [6.45, 7) is 0. The topological polar surface area (TPSA) is 24.7 Å². The van der Waals surface area contributed by atoms with Crippen LogP contribution in [-0.4, -0.2) is 11.4 Å². The molecule has 2 nitrogen and oxygen atoms in total. The lowest BCUT2D eigenvalue weighted by molar-refractivity contribution is 1.44. The number of nitrogens with zero attached hydrogens (tertiary/aromatic N) is 2. The van der Waals surface area contributed by atoms with E-state index in [9.17, 15) is 0 Å². The highest BCUT2D eigenvalue weighted by atomic mass is 79.9. The molecule has 0 bridgehead atoms. The molecule has 0 fully saturated rings. The zero-order valence-corrected chi connectivity index (χ0v) is 16.5. The van der Waals surface area contributed by atoms with Crippen LogP contribution in [0.15, 0.2) is 91.7 Å². The zero-order valence-electron chi connectivity index (χ0n) is 13.3. The second kappa shape index (κ2) is 7.06. The number of hydrogen-bond donors (Lipinski definition) is 0. The van der Waals surface area contributed by atoms with E-state index < -0.39 is 0 Å². The smallest absolute Gasteiger partial charge is 0.0889 e. The van der Waals surface area contributed by atoms with Crippen LogP contribution in [0.1, 0.15) is 17.5 Å². The van der Waals surface area contributed by atoms with Crippen LogP contribution in [-0.2, 0) is 0 Å². The fourth-order valence-corrected chi connectivity index (χ4v) is 3.33. The number of aliphatic imine (C=N–C) groups is 2. The number of para-hydroxylation sites is 2. The molecule has 1 aliphatic heterocycles. The lowest BCUT2D eigenvalue weighted by Crippen LogP contribution is -2.09. The van der Waals surface area contributed by atoms with Crippen molar-refractivity contribution in [2.75, 3.05) is 0 Å². The van der Waals surface area contributed by atoms with E-state index in [1.807, 2.05) is 48.5 Å². The van der Waals surface area contributed by atoms with Gasteiger partial charge in [-0.15, -0.1) is 0 Å². The first kappa shape index (κ1) is 16.4. The summed E-state index contributed by atoms with van der Waals surface area (Å²) in [6.07, 6.45) is 0.692. The minimum atomic E-state index is 0.692. The van der Waals surface area contributed by atoms with Crippen molar-refractivity contribution in [1.29, 1.82) is 0 Å². The van der Waals surface area contributed by atoms with Crippen LogP contribution in [0.25, 0.3) is 0 Å². The van der Waals surface area contributed by atoms with E-state index in [1.54, 1.807) is 0 Å². The average Bonchev–Trinajstić information content (AvgIpc) is 2.82. The zero-order chi connectivity index (χ0) is 17.2. The van der Waals surface area contributed by atoms with Gasteiger partial charge in [0.1, 0.15) is 0 Å². The third-order valence-electron chi connectivity index (χ3n) is 4.08. The molecule has 0 saturated heterocycles. The maximum atomic E-state index is 4.91. The van der Waals surface area contributed by atoms with Gasteiger partial charge in [0.05, 0.1) is 22.8 Å². The lowest BCUT2D eigenvalue weighted by atomic mass is 10.00. The Bertz CT molecular complexity index is 891. The van der Waals surface area contributed by atoms with Gasteiger partial charge in [-0.3, -0.25) is 9.98 Å². The van der Waals surface area contributed by atoms with Crippen LogP contribution in [0.2, 0.25) is 0 Å². The summed E-state index contributed by atoms with van der Waals surface area (Å²) in [6, 6.07) is 24.6. The third-order valence-corrected chi connectivity index (χ3v) is 5.14. The van der Waals surface area contributed by atoms with Gasteiger partial charge in [0, 0.05) is 15.4 Å². The highest BCUT2D eigenvalue weighted by molar-refractivity contribution is 9.10. The second-order valence-electron chi connectivity index (χ2n) is 5.80. The molecule has 0 N–H and O–H groups in total.